The van der Waals surface area contributed by atoms with Gasteiger partial charge in [-0.15, -0.1) is 0 Å². The van der Waals surface area contributed by atoms with Gasteiger partial charge in [0.1, 0.15) is 11.4 Å². The Bertz CT molecular complexity index is 944. The second-order valence-electron chi connectivity index (χ2n) is 5.65. The molecular weight excluding hydrogens is 390 g/mol. The molecule has 4 nitrogen and oxygen atoms in total. The Balaban J connectivity index is 2.03. The van der Waals surface area contributed by atoms with Gasteiger partial charge in [-0.2, -0.15) is 11.3 Å². The van der Waals surface area contributed by atoms with Crippen LogP contribution in [0.3, 0.4) is 0 Å². The average Bonchev–Trinajstić information content (AvgIpc) is 3.21. The van der Waals surface area contributed by atoms with E-state index in [0.29, 0.717) is 12.2 Å². The molecule has 0 aliphatic carbocycles. The Kier molecular flexibility index (Phi) is 3.73. The molecule has 2 aromatic heterocycles. The van der Waals surface area contributed by atoms with Crippen LogP contribution in [0.2, 0.25) is 0 Å². The zero-order chi connectivity index (χ0) is 16.8. The summed E-state index contributed by atoms with van der Waals surface area (Å²) in [7, 11) is 1.64. The van der Waals surface area contributed by atoms with Crippen molar-refractivity contribution >= 4 is 33.2 Å². The standard InChI is InChI=1S/C18H14BrNO3S/c1-23-16-8-13-10(6-14(16)19)2-4-20-15(18(21)22)7-12(17(13)20)11-3-5-24-9-11/h3,5-9H,2,4H2,1H3,(H,21,22). The summed E-state index contributed by atoms with van der Waals surface area (Å²) in [5.41, 5.74) is 5.53. The molecular formula is C18H14BrNO3S. The maximum atomic E-state index is 11.7. The second-order valence-corrected chi connectivity index (χ2v) is 7.29. The van der Waals surface area contributed by atoms with Gasteiger partial charge >= 0.3 is 5.97 Å². The lowest BCUT2D eigenvalue weighted by Crippen LogP contribution is -2.16. The molecule has 6 heteroatoms. The molecule has 0 fully saturated rings. The molecule has 1 aliphatic rings. The van der Waals surface area contributed by atoms with Crippen molar-refractivity contribution in [1.29, 1.82) is 0 Å². The number of hydrogen-bond donors (Lipinski definition) is 1. The van der Waals surface area contributed by atoms with E-state index >= 15 is 0 Å². The van der Waals surface area contributed by atoms with Gasteiger partial charge in [-0.25, -0.2) is 4.79 Å². The summed E-state index contributed by atoms with van der Waals surface area (Å²) >= 11 is 5.14. The van der Waals surface area contributed by atoms with Crippen LogP contribution < -0.4 is 4.74 Å². The number of aryl methyl sites for hydroxylation is 1. The zero-order valence-electron chi connectivity index (χ0n) is 12.9. The molecule has 0 amide bonds. The number of benzene rings is 1. The number of nitrogens with zero attached hydrogens (tertiary/aromatic N) is 1. The number of carboxylic acid groups (broad SMARTS) is 1. The number of aromatic carboxylic acids is 1. The highest BCUT2D eigenvalue weighted by molar-refractivity contribution is 9.10. The number of ether oxygens (including phenoxy) is 1. The van der Waals surface area contributed by atoms with Crippen LogP contribution in [0.4, 0.5) is 0 Å². The lowest BCUT2D eigenvalue weighted by Gasteiger charge is -2.23. The van der Waals surface area contributed by atoms with Crippen molar-refractivity contribution in [2.45, 2.75) is 13.0 Å². The van der Waals surface area contributed by atoms with E-state index in [4.69, 9.17) is 4.74 Å². The van der Waals surface area contributed by atoms with Crippen LogP contribution in [0.15, 0.2) is 39.5 Å². The molecule has 1 aliphatic heterocycles. The maximum Gasteiger partial charge on any atom is 0.352 e. The van der Waals surface area contributed by atoms with E-state index in [1.807, 2.05) is 27.5 Å². The van der Waals surface area contributed by atoms with Crippen LogP contribution in [0.25, 0.3) is 22.4 Å². The minimum atomic E-state index is -0.898. The number of carbonyl (C=O) groups is 1. The number of fused-ring (bicyclic) bond motifs is 3. The van der Waals surface area contributed by atoms with E-state index in [2.05, 4.69) is 22.0 Å². The summed E-state index contributed by atoms with van der Waals surface area (Å²) in [6.45, 7) is 0.660. The summed E-state index contributed by atoms with van der Waals surface area (Å²) in [6, 6.07) is 7.87. The molecule has 0 radical (unpaired) electrons. The summed E-state index contributed by atoms with van der Waals surface area (Å²) < 4.78 is 8.26. The fourth-order valence-electron chi connectivity index (χ4n) is 3.30. The summed E-state index contributed by atoms with van der Waals surface area (Å²) in [5.74, 6) is -0.151. The third-order valence-electron chi connectivity index (χ3n) is 4.39. The van der Waals surface area contributed by atoms with Crippen LogP contribution in [-0.4, -0.2) is 22.8 Å². The van der Waals surface area contributed by atoms with Gasteiger partial charge in [0.2, 0.25) is 0 Å². The van der Waals surface area contributed by atoms with Crippen LogP contribution in [0.1, 0.15) is 16.1 Å². The Morgan fingerprint density at radius 3 is 2.83 bits per heavy atom. The average molecular weight is 404 g/mol. The van der Waals surface area contributed by atoms with Crippen molar-refractivity contribution < 1.29 is 14.6 Å². The predicted molar refractivity (Wildman–Crippen MR) is 98.1 cm³/mol. The number of hydrogen-bond acceptors (Lipinski definition) is 3. The minimum absolute atomic E-state index is 0.332. The van der Waals surface area contributed by atoms with Crippen molar-refractivity contribution in [3.05, 3.63) is 50.8 Å². The molecule has 1 aromatic carbocycles. The number of rotatable bonds is 3. The maximum absolute atomic E-state index is 11.7. The van der Waals surface area contributed by atoms with Gasteiger partial charge < -0.3 is 14.4 Å². The van der Waals surface area contributed by atoms with Crippen molar-refractivity contribution in [3.63, 3.8) is 0 Å². The van der Waals surface area contributed by atoms with Gasteiger partial charge in [0, 0.05) is 17.7 Å². The summed E-state index contributed by atoms with van der Waals surface area (Å²) in [5, 5.41) is 13.6. The Labute approximate surface area is 151 Å². The monoisotopic (exact) mass is 403 g/mol. The normalized spacial score (nSPS) is 12.6. The highest BCUT2D eigenvalue weighted by Gasteiger charge is 2.27. The van der Waals surface area contributed by atoms with Gasteiger partial charge in [-0.1, -0.05) is 0 Å². The predicted octanol–water partition coefficient (Wildman–Crippen LogP) is 4.91. The molecule has 122 valence electrons. The van der Waals surface area contributed by atoms with Crippen LogP contribution in [0.5, 0.6) is 5.75 Å². The van der Waals surface area contributed by atoms with Crippen molar-refractivity contribution in [2.75, 3.05) is 7.11 Å². The number of halogens is 1. The quantitative estimate of drug-likeness (QED) is 0.675. The minimum Gasteiger partial charge on any atom is -0.496 e. The molecule has 24 heavy (non-hydrogen) atoms. The molecule has 4 rings (SSSR count). The van der Waals surface area contributed by atoms with E-state index in [-0.39, 0.29) is 0 Å². The van der Waals surface area contributed by atoms with Gasteiger partial charge in [-0.3, -0.25) is 0 Å². The third-order valence-corrected chi connectivity index (χ3v) is 5.69. The topological polar surface area (TPSA) is 51.5 Å². The first kappa shape index (κ1) is 15.5. The lowest BCUT2D eigenvalue weighted by atomic mass is 9.94. The molecule has 0 saturated carbocycles. The highest BCUT2D eigenvalue weighted by Crippen LogP contribution is 2.43. The van der Waals surface area contributed by atoms with Gasteiger partial charge in [0.05, 0.1) is 17.3 Å². The molecule has 0 bridgehead atoms. The number of carboxylic acids is 1. The van der Waals surface area contributed by atoms with Crippen LogP contribution in [-0.2, 0) is 13.0 Å². The van der Waals surface area contributed by atoms with Crippen molar-refractivity contribution in [1.82, 2.24) is 4.57 Å². The Morgan fingerprint density at radius 1 is 1.33 bits per heavy atom. The summed E-state index contributed by atoms with van der Waals surface area (Å²) in [4.78, 5) is 11.7. The lowest BCUT2D eigenvalue weighted by molar-refractivity contribution is 0.0685. The first-order valence-corrected chi connectivity index (χ1v) is 9.20. The number of methoxy groups -OCH3 is 1. The van der Waals surface area contributed by atoms with Gasteiger partial charge in [0.15, 0.2) is 0 Å². The number of aromatic nitrogens is 1. The highest BCUT2D eigenvalue weighted by atomic mass is 79.9. The Hall–Kier alpha value is -2.05. The summed E-state index contributed by atoms with van der Waals surface area (Å²) in [6.07, 6.45) is 0.795. The van der Waals surface area contributed by atoms with E-state index < -0.39 is 5.97 Å². The SMILES string of the molecule is COc1cc2c(cc1Br)CCn1c(C(=O)O)cc(-c3ccsc3)c1-2. The zero-order valence-corrected chi connectivity index (χ0v) is 15.3. The molecule has 1 N–H and O–H groups in total. The second kappa shape index (κ2) is 5.79. The molecule has 3 aromatic rings. The van der Waals surface area contributed by atoms with E-state index in [9.17, 15) is 9.90 Å². The van der Waals surface area contributed by atoms with Crippen molar-refractivity contribution in [3.8, 4) is 28.1 Å². The first-order valence-electron chi connectivity index (χ1n) is 7.46. The van der Waals surface area contributed by atoms with E-state index in [1.165, 1.54) is 5.56 Å². The fraction of sp³-hybridized carbons (Fsp3) is 0.167. The smallest absolute Gasteiger partial charge is 0.352 e. The third kappa shape index (κ3) is 2.29. The largest absolute Gasteiger partial charge is 0.496 e. The van der Waals surface area contributed by atoms with Crippen molar-refractivity contribution in [2.24, 2.45) is 0 Å². The fourth-order valence-corrected chi connectivity index (χ4v) is 4.51. The van der Waals surface area contributed by atoms with Crippen LogP contribution >= 0.6 is 27.3 Å². The first-order chi connectivity index (χ1) is 11.6. The van der Waals surface area contributed by atoms with E-state index in [1.54, 1.807) is 24.5 Å². The Morgan fingerprint density at radius 2 is 2.17 bits per heavy atom. The molecule has 0 atom stereocenters. The molecule has 0 spiro atoms. The molecule has 3 heterocycles. The van der Waals surface area contributed by atoms with Gasteiger partial charge in [0.25, 0.3) is 0 Å². The van der Waals surface area contributed by atoms with E-state index in [0.717, 1.165) is 39.0 Å². The van der Waals surface area contributed by atoms with Gasteiger partial charge in [-0.05, 0) is 68.5 Å². The number of thiophene rings is 1. The van der Waals surface area contributed by atoms with Crippen LogP contribution in [0, 0.1) is 0 Å². The molecule has 0 saturated heterocycles. The molecule has 0 unspecified atom stereocenters.